The van der Waals surface area contributed by atoms with E-state index >= 15 is 0 Å². The second kappa shape index (κ2) is 7.01. The predicted octanol–water partition coefficient (Wildman–Crippen LogP) is 4.94. The van der Waals surface area contributed by atoms with Crippen molar-refractivity contribution in [1.82, 2.24) is 0 Å². The molecule has 24 heavy (non-hydrogen) atoms. The lowest BCUT2D eigenvalue weighted by Crippen LogP contribution is -2.05. The molecule has 0 heterocycles. The third kappa shape index (κ3) is 3.46. The average molecular weight is 318 g/mol. The summed E-state index contributed by atoms with van der Waals surface area (Å²) in [5, 5.41) is 9.50. The van der Waals surface area contributed by atoms with Gasteiger partial charge in [-0.3, -0.25) is 0 Å². The molecule has 0 saturated carbocycles. The molecule has 0 atom stereocenters. The first-order valence-electron chi connectivity index (χ1n) is 7.75. The number of hydrogen-bond acceptors (Lipinski definition) is 2. The molecule has 0 aliphatic rings. The number of aryl methyl sites for hydroxylation is 1. The van der Waals surface area contributed by atoms with E-state index in [0.29, 0.717) is 12.4 Å². The third-order valence-corrected chi connectivity index (χ3v) is 3.83. The molecule has 3 nitrogen and oxygen atoms in total. The van der Waals surface area contributed by atoms with Crippen LogP contribution in [-0.2, 0) is 6.61 Å². The Bertz CT molecular complexity index is 837. The Hall–Kier alpha value is -3.07. The van der Waals surface area contributed by atoms with Gasteiger partial charge in [-0.2, -0.15) is 0 Å². The van der Waals surface area contributed by atoms with Gasteiger partial charge in [-0.05, 0) is 24.1 Å². The predicted molar refractivity (Wildman–Crippen MR) is 94.3 cm³/mol. The van der Waals surface area contributed by atoms with Crippen molar-refractivity contribution in [2.45, 2.75) is 13.5 Å². The normalized spacial score (nSPS) is 10.4. The topological polar surface area (TPSA) is 46.5 Å². The molecule has 3 aromatic carbocycles. The van der Waals surface area contributed by atoms with Crippen LogP contribution in [0.15, 0.2) is 72.8 Å². The number of hydrogen-bond donors (Lipinski definition) is 1. The minimum Gasteiger partial charge on any atom is -0.487 e. The van der Waals surface area contributed by atoms with Gasteiger partial charge < -0.3 is 9.84 Å². The van der Waals surface area contributed by atoms with Crippen molar-refractivity contribution in [3.8, 4) is 16.9 Å². The Morgan fingerprint density at radius 2 is 1.62 bits per heavy atom. The van der Waals surface area contributed by atoms with Crippen LogP contribution >= 0.6 is 0 Å². The average Bonchev–Trinajstić information content (AvgIpc) is 2.61. The second-order valence-corrected chi connectivity index (χ2v) is 5.63. The van der Waals surface area contributed by atoms with Gasteiger partial charge in [0.25, 0.3) is 0 Å². The van der Waals surface area contributed by atoms with Gasteiger partial charge in [-0.1, -0.05) is 72.3 Å². The number of carboxylic acid groups (broad SMARTS) is 1. The van der Waals surface area contributed by atoms with Crippen LogP contribution in [0.3, 0.4) is 0 Å². The highest BCUT2D eigenvalue weighted by Gasteiger charge is 2.16. The van der Waals surface area contributed by atoms with Crippen molar-refractivity contribution in [3.63, 3.8) is 0 Å². The number of rotatable bonds is 5. The van der Waals surface area contributed by atoms with E-state index in [-0.39, 0.29) is 5.56 Å². The SMILES string of the molecule is Cc1ccc(-c2cccc(C(=O)O)c2OCc2ccccc2)cc1. The van der Waals surface area contributed by atoms with Crippen LogP contribution in [0.4, 0.5) is 0 Å². The van der Waals surface area contributed by atoms with Crippen molar-refractivity contribution >= 4 is 5.97 Å². The maximum atomic E-state index is 11.6. The van der Waals surface area contributed by atoms with E-state index in [4.69, 9.17) is 4.74 Å². The summed E-state index contributed by atoms with van der Waals surface area (Å²) in [7, 11) is 0. The molecule has 0 aliphatic heterocycles. The Labute approximate surface area is 141 Å². The van der Waals surface area contributed by atoms with E-state index in [0.717, 1.165) is 22.3 Å². The summed E-state index contributed by atoms with van der Waals surface area (Å²) in [5.74, 6) is -0.593. The molecule has 0 amide bonds. The van der Waals surface area contributed by atoms with Gasteiger partial charge in [-0.25, -0.2) is 4.79 Å². The van der Waals surface area contributed by atoms with E-state index in [1.807, 2.05) is 67.6 Å². The van der Waals surface area contributed by atoms with Crippen LogP contribution in [0, 0.1) is 6.92 Å². The van der Waals surface area contributed by atoms with E-state index in [1.54, 1.807) is 12.1 Å². The van der Waals surface area contributed by atoms with Gasteiger partial charge in [0.2, 0.25) is 0 Å². The van der Waals surface area contributed by atoms with Gasteiger partial charge in [0, 0.05) is 5.56 Å². The van der Waals surface area contributed by atoms with Gasteiger partial charge in [-0.15, -0.1) is 0 Å². The fourth-order valence-corrected chi connectivity index (χ4v) is 2.55. The first-order valence-corrected chi connectivity index (χ1v) is 7.75. The number of aromatic carboxylic acids is 1. The van der Waals surface area contributed by atoms with E-state index in [1.165, 1.54) is 0 Å². The molecule has 0 aromatic heterocycles. The van der Waals surface area contributed by atoms with E-state index < -0.39 is 5.97 Å². The number of para-hydroxylation sites is 1. The molecule has 3 aromatic rings. The lowest BCUT2D eigenvalue weighted by molar-refractivity contribution is 0.0692. The fourth-order valence-electron chi connectivity index (χ4n) is 2.55. The molecule has 0 spiro atoms. The van der Waals surface area contributed by atoms with Gasteiger partial charge in [0.15, 0.2) is 0 Å². The van der Waals surface area contributed by atoms with Crippen molar-refractivity contribution in [2.75, 3.05) is 0 Å². The largest absolute Gasteiger partial charge is 0.487 e. The van der Waals surface area contributed by atoms with Crippen molar-refractivity contribution in [3.05, 3.63) is 89.5 Å². The Balaban J connectivity index is 2.00. The van der Waals surface area contributed by atoms with E-state index in [9.17, 15) is 9.90 Å². The lowest BCUT2D eigenvalue weighted by atomic mass is 10.0. The molecule has 1 N–H and O–H groups in total. The quantitative estimate of drug-likeness (QED) is 0.725. The van der Waals surface area contributed by atoms with Crippen LogP contribution in [0.25, 0.3) is 11.1 Å². The number of benzene rings is 3. The molecule has 120 valence electrons. The monoisotopic (exact) mass is 318 g/mol. The highest BCUT2D eigenvalue weighted by atomic mass is 16.5. The van der Waals surface area contributed by atoms with Crippen molar-refractivity contribution < 1.29 is 14.6 Å². The molecule has 0 bridgehead atoms. The molecular weight excluding hydrogens is 300 g/mol. The molecule has 3 heteroatoms. The molecule has 3 rings (SSSR count). The molecule has 0 fully saturated rings. The minimum atomic E-state index is -0.993. The highest BCUT2D eigenvalue weighted by Crippen LogP contribution is 2.34. The number of ether oxygens (including phenoxy) is 1. The smallest absolute Gasteiger partial charge is 0.339 e. The summed E-state index contributed by atoms with van der Waals surface area (Å²) < 4.78 is 5.92. The lowest BCUT2D eigenvalue weighted by Gasteiger charge is -2.14. The first kappa shape index (κ1) is 15.8. The summed E-state index contributed by atoms with van der Waals surface area (Å²) in [5.41, 5.74) is 4.04. The summed E-state index contributed by atoms with van der Waals surface area (Å²) >= 11 is 0. The Morgan fingerprint density at radius 3 is 2.29 bits per heavy atom. The minimum absolute atomic E-state index is 0.170. The van der Waals surface area contributed by atoms with Crippen molar-refractivity contribution in [1.29, 1.82) is 0 Å². The summed E-state index contributed by atoms with van der Waals surface area (Å²) in [6, 6.07) is 22.9. The van der Waals surface area contributed by atoms with Crippen LogP contribution in [-0.4, -0.2) is 11.1 Å². The summed E-state index contributed by atoms with van der Waals surface area (Å²) in [6.45, 7) is 2.34. The first-order chi connectivity index (χ1) is 11.6. The number of carboxylic acids is 1. The van der Waals surface area contributed by atoms with Crippen LogP contribution in [0.2, 0.25) is 0 Å². The zero-order valence-electron chi connectivity index (χ0n) is 13.4. The maximum Gasteiger partial charge on any atom is 0.339 e. The van der Waals surface area contributed by atoms with E-state index in [2.05, 4.69) is 0 Å². The van der Waals surface area contributed by atoms with Crippen LogP contribution < -0.4 is 4.74 Å². The molecule has 0 saturated heterocycles. The van der Waals surface area contributed by atoms with Gasteiger partial charge >= 0.3 is 5.97 Å². The highest BCUT2D eigenvalue weighted by molar-refractivity contribution is 5.94. The molecule has 0 radical (unpaired) electrons. The number of carbonyl (C=O) groups is 1. The van der Waals surface area contributed by atoms with Gasteiger partial charge in [0.05, 0.1) is 0 Å². The maximum absolute atomic E-state index is 11.6. The fraction of sp³-hybridized carbons (Fsp3) is 0.0952. The zero-order valence-corrected chi connectivity index (χ0v) is 13.4. The molecule has 0 aliphatic carbocycles. The zero-order chi connectivity index (χ0) is 16.9. The Morgan fingerprint density at radius 1 is 0.917 bits per heavy atom. The molecular formula is C21H18O3. The summed E-state index contributed by atoms with van der Waals surface area (Å²) in [4.78, 5) is 11.6. The van der Waals surface area contributed by atoms with Crippen molar-refractivity contribution in [2.24, 2.45) is 0 Å². The standard InChI is InChI=1S/C21H18O3/c1-15-10-12-17(13-11-15)18-8-5-9-19(21(22)23)20(18)24-14-16-6-3-2-4-7-16/h2-13H,14H2,1H3,(H,22,23). The Kier molecular flexibility index (Phi) is 4.62. The third-order valence-electron chi connectivity index (χ3n) is 3.83. The van der Waals surface area contributed by atoms with Crippen LogP contribution in [0.1, 0.15) is 21.5 Å². The van der Waals surface area contributed by atoms with Gasteiger partial charge in [0.1, 0.15) is 17.9 Å². The molecule has 0 unspecified atom stereocenters. The summed E-state index contributed by atoms with van der Waals surface area (Å²) in [6.07, 6.45) is 0. The second-order valence-electron chi connectivity index (χ2n) is 5.63. The van der Waals surface area contributed by atoms with Crippen LogP contribution in [0.5, 0.6) is 5.75 Å².